The second kappa shape index (κ2) is 8.62. The summed E-state index contributed by atoms with van der Waals surface area (Å²) in [6, 6.07) is 7.62. The van der Waals surface area contributed by atoms with Gasteiger partial charge in [-0.1, -0.05) is 37.7 Å². The van der Waals surface area contributed by atoms with Gasteiger partial charge < -0.3 is 15.8 Å². The SMILES string of the molecule is CCCC(C)NC(=O)C(C)Oc1ccc(CC(N)=S)cc1. The summed E-state index contributed by atoms with van der Waals surface area (Å²) in [4.78, 5) is 12.4. The van der Waals surface area contributed by atoms with Gasteiger partial charge in [0.05, 0.1) is 4.99 Å². The van der Waals surface area contributed by atoms with Crippen LogP contribution in [-0.2, 0) is 11.2 Å². The minimum atomic E-state index is -0.522. The summed E-state index contributed by atoms with van der Waals surface area (Å²) in [5, 5.41) is 2.94. The Bertz CT molecular complexity index is 474. The van der Waals surface area contributed by atoms with E-state index in [2.05, 4.69) is 12.2 Å². The van der Waals surface area contributed by atoms with Crippen LogP contribution in [0.2, 0.25) is 0 Å². The van der Waals surface area contributed by atoms with E-state index >= 15 is 0 Å². The summed E-state index contributed by atoms with van der Waals surface area (Å²) < 4.78 is 5.64. The fourth-order valence-corrected chi connectivity index (χ4v) is 2.18. The van der Waals surface area contributed by atoms with Gasteiger partial charge in [-0.3, -0.25) is 4.79 Å². The maximum absolute atomic E-state index is 12.0. The Kier molecular flexibility index (Phi) is 7.15. The van der Waals surface area contributed by atoms with Crippen molar-refractivity contribution in [3.05, 3.63) is 29.8 Å². The summed E-state index contributed by atoms with van der Waals surface area (Å²) in [7, 11) is 0. The van der Waals surface area contributed by atoms with E-state index in [0.717, 1.165) is 18.4 Å². The van der Waals surface area contributed by atoms with Gasteiger partial charge in [-0.05, 0) is 38.0 Å². The molecule has 1 rings (SSSR count). The predicted octanol–water partition coefficient (Wildman–Crippen LogP) is 2.59. The van der Waals surface area contributed by atoms with Gasteiger partial charge in [0.1, 0.15) is 5.75 Å². The summed E-state index contributed by atoms with van der Waals surface area (Å²) in [6.07, 6.45) is 2.05. The van der Waals surface area contributed by atoms with Crippen molar-refractivity contribution in [2.45, 2.75) is 52.2 Å². The molecule has 21 heavy (non-hydrogen) atoms. The molecule has 0 saturated heterocycles. The van der Waals surface area contributed by atoms with Gasteiger partial charge in [0.25, 0.3) is 5.91 Å². The van der Waals surface area contributed by atoms with E-state index in [1.165, 1.54) is 0 Å². The number of nitrogens with one attached hydrogen (secondary N) is 1. The molecule has 0 saturated carbocycles. The zero-order valence-corrected chi connectivity index (χ0v) is 13.7. The number of carbonyl (C=O) groups is 1. The van der Waals surface area contributed by atoms with E-state index in [1.54, 1.807) is 6.92 Å². The molecular weight excluding hydrogens is 284 g/mol. The number of nitrogens with two attached hydrogens (primary N) is 1. The molecule has 0 aliphatic carbocycles. The molecule has 4 nitrogen and oxygen atoms in total. The number of amides is 1. The molecule has 2 unspecified atom stereocenters. The molecule has 0 aromatic heterocycles. The van der Waals surface area contributed by atoms with Crippen molar-refractivity contribution in [3.63, 3.8) is 0 Å². The van der Waals surface area contributed by atoms with Crippen LogP contribution in [-0.4, -0.2) is 23.0 Å². The fourth-order valence-electron chi connectivity index (χ4n) is 2.01. The highest BCUT2D eigenvalue weighted by molar-refractivity contribution is 7.80. The summed E-state index contributed by atoms with van der Waals surface area (Å²) in [6.45, 7) is 5.84. The summed E-state index contributed by atoms with van der Waals surface area (Å²) in [5.41, 5.74) is 6.53. The lowest BCUT2D eigenvalue weighted by atomic mass is 10.1. The van der Waals surface area contributed by atoms with Crippen LogP contribution in [0.1, 0.15) is 39.2 Å². The first-order chi connectivity index (χ1) is 9.92. The largest absolute Gasteiger partial charge is 0.481 e. The molecule has 116 valence electrons. The van der Waals surface area contributed by atoms with Crippen LogP contribution in [0.3, 0.4) is 0 Å². The third-order valence-corrected chi connectivity index (χ3v) is 3.24. The molecule has 0 radical (unpaired) electrons. The van der Waals surface area contributed by atoms with Crippen molar-refractivity contribution in [1.29, 1.82) is 0 Å². The van der Waals surface area contributed by atoms with E-state index in [9.17, 15) is 4.79 Å². The van der Waals surface area contributed by atoms with Crippen molar-refractivity contribution >= 4 is 23.1 Å². The Morgan fingerprint density at radius 3 is 2.48 bits per heavy atom. The number of thiocarbonyl (C=S) groups is 1. The molecule has 0 aliphatic rings. The number of hydrogen-bond donors (Lipinski definition) is 2. The van der Waals surface area contributed by atoms with E-state index < -0.39 is 6.10 Å². The van der Waals surface area contributed by atoms with Crippen LogP contribution in [0.15, 0.2) is 24.3 Å². The van der Waals surface area contributed by atoms with Crippen LogP contribution in [0.5, 0.6) is 5.75 Å². The normalized spacial score (nSPS) is 13.3. The van der Waals surface area contributed by atoms with Gasteiger partial charge in [0, 0.05) is 12.5 Å². The maximum atomic E-state index is 12.0. The second-order valence-electron chi connectivity index (χ2n) is 5.25. The molecule has 1 aromatic rings. The molecule has 0 aliphatic heterocycles. The molecular formula is C16H24N2O2S. The van der Waals surface area contributed by atoms with Gasteiger partial charge in [-0.15, -0.1) is 0 Å². The Morgan fingerprint density at radius 2 is 1.95 bits per heavy atom. The lowest BCUT2D eigenvalue weighted by Crippen LogP contribution is -2.41. The van der Waals surface area contributed by atoms with Crippen LogP contribution in [0.25, 0.3) is 0 Å². The van der Waals surface area contributed by atoms with Gasteiger partial charge in [-0.25, -0.2) is 0 Å². The number of benzene rings is 1. The highest BCUT2D eigenvalue weighted by Gasteiger charge is 2.16. The summed E-state index contributed by atoms with van der Waals surface area (Å²) in [5.74, 6) is 0.565. The highest BCUT2D eigenvalue weighted by atomic mass is 32.1. The van der Waals surface area contributed by atoms with E-state index in [1.807, 2.05) is 31.2 Å². The first-order valence-electron chi connectivity index (χ1n) is 7.26. The van der Waals surface area contributed by atoms with Crippen LogP contribution in [0, 0.1) is 0 Å². The van der Waals surface area contributed by atoms with Crippen molar-refractivity contribution < 1.29 is 9.53 Å². The Morgan fingerprint density at radius 1 is 1.33 bits per heavy atom. The molecule has 1 aromatic carbocycles. The topological polar surface area (TPSA) is 64.3 Å². The zero-order valence-electron chi connectivity index (χ0n) is 12.9. The third-order valence-electron chi connectivity index (χ3n) is 3.09. The monoisotopic (exact) mass is 308 g/mol. The predicted molar refractivity (Wildman–Crippen MR) is 89.5 cm³/mol. The molecule has 0 spiro atoms. The molecule has 3 N–H and O–H groups in total. The quantitative estimate of drug-likeness (QED) is 0.725. The van der Waals surface area contributed by atoms with Crippen molar-refractivity contribution in [3.8, 4) is 5.75 Å². The average molecular weight is 308 g/mol. The van der Waals surface area contributed by atoms with Crippen LogP contribution >= 0.6 is 12.2 Å². The van der Waals surface area contributed by atoms with Gasteiger partial charge >= 0.3 is 0 Å². The van der Waals surface area contributed by atoms with E-state index in [-0.39, 0.29) is 11.9 Å². The standard InChI is InChI=1S/C16H24N2O2S/c1-4-5-11(2)18-16(19)12(3)20-14-8-6-13(7-9-14)10-15(17)21/h6-9,11-12H,4-5,10H2,1-3H3,(H2,17,21)(H,18,19). The van der Waals surface area contributed by atoms with Crippen LogP contribution in [0.4, 0.5) is 0 Å². The van der Waals surface area contributed by atoms with Crippen molar-refractivity contribution in [1.82, 2.24) is 5.32 Å². The third kappa shape index (κ3) is 6.58. The molecule has 1 amide bonds. The number of ether oxygens (including phenoxy) is 1. The van der Waals surface area contributed by atoms with Gasteiger partial charge in [0.15, 0.2) is 6.10 Å². The van der Waals surface area contributed by atoms with Crippen molar-refractivity contribution in [2.75, 3.05) is 0 Å². The molecule has 2 atom stereocenters. The molecule has 0 bridgehead atoms. The Balaban J connectivity index is 2.52. The second-order valence-corrected chi connectivity index (χ2v) is 5.77. The number of hydrogen-bond acceptors (Lipinski definition) is 3. The first kappa shape index (κ1) is 17.4. The molecule has 0 heterocycles. The number of carbonyl (C=O) groups excluding carboxylic acids is 1. The molecule has 5 heteroatoms. The van der Waals surface area contributed by atoms with Gasteiger partial charge in [0.2, 0.25) is 0 Å². The fraction of sp³-hybridized carbons (Fsp3) is 0.500. The Hall–Kier alpha value is -1.62. The molecule has 0 fully saturated rings. The smallest absolute Gasteiger partial charge is 0.260 e. The van der Waals surface area contributed by atoms with E-state index in [0.29, 0.717) is 17.2 Å². The average Bonchev–Trinajstić information content (AvgIpc) is 2.40. The van der Waals surface area contributed by atoms with Gasteiger partial charge in [-0.2, -0.15) is 0 Å². The lowest BCUT2D eigenvalue weighted by molar-refractivity contribution is -0.127. The summed E-state index contributed by atoms with van der Waals surface area (Å²) >= 11 is 4.87. The van der Waals surface area contributed by atoms with E-state index in [4.69, 9.17) is 22.7 Å². The zero-order chi connectivity index (χ0) is 15.8. The van der Waals surface area contributed by atoms with Crippen molar-refractivity contribution in [2.24, 2.45) is 5.73 Å². The highest BCUT2D eigenvalue weighted by Crippen LogP contribution is 2.14. The number of rotatable bonds is 8. The minimum absolute atomic E-state index is 0.0943. The first-order valence-corrected chi connectivity index (χ1v) is 7.67. The van der Waals surface area contributed by atoms with Crippen LogP contribution < -0.4 is 15.8 Å². The minimum Gasteiger partial charge on any atom is -0.481 e. The Labute approximate surface area is 132 Å². The maximum Gasteiger partial charge on any atom is 0.260 e. The lowest BCUT2D eigenvalue weighted by Gasteiger charge is -2.18.